The van der Waals surface area contributed by atoms with Crippen LogP contribution in [-0.2, 0) is 0 Å². The van der Waals surface area contributed by atoms with Crippen LogP contribution in [0.3, 0.4) is 0 Å². The maximum Gasteiger partial charge on any atom is 0.335 e. The van der Waals surface area contributed by atoms with Crippen molar-refractivity contribution in [1.29, 1.82) is 0 Å². The second-order valence-electron chi connectivity index (χ2n) is 4.42. The van der Waals surface area contributed by atoms with Gasteiger partial charge < -0.3 is 9.51 Å². The molecule has 0 radical (unpaired) electrons. The zero-order valence-corrected chi connectivity index (χ0v) is 10.6. The molecule has 0 unspecified atom stereocenters. The molecule has 0 bridgehead atoms. The largest absolute Gasteiger partial charge is 0.478 e. The number of hydrogen-bond donors (Lipinski definition) is 1. The predicted octanol–water partition coefficient (Wildman–Crippen LogP) is 2.61. The minimum absolute atomic E-state index is 0.0178. The first-order valence-electron chi connectivity index (χ1n) is 6.01. The number of nitrogens with zero attached hydrogens (tertiary/aromatic N) is 3. The van der Waals surface area contributed by atoms with Crippen molar-refractivity contribution in [2.24, 2.45) is 0 Å². The number of imidazole rings is 1. The summed E-state index contributed by atoms with van der Waals surface area (Å²) in [5.41, 5.74) is 1.73. The molecule has 7 heteroatoms. The number of hydrogen-bond acceptors (Lipinski definition) is 4. The molecule has 0 saturated carbocycles. The first kappa shape index (κ1) is 12.8. The standard InChI is InChI=1S/C14H9N3O4/c18-14(19)10-4-5-16-8-12(15-13(16)7-10)9-2-1-3-11(6-9)17(20)21/h1-8H,(H,18,19). The van der Waals surface area contributed by atoms with Gasteiger partial charge in [-0.05, 0) is 12.1 Å². The van der Waals surface area contributed by atoms with Crippen LogP contribution < -0.4 is 0 Å². The van der Waals surface area contributed by atoms with E-state index in [1.54, 1.807) is 28.9 Å². The lowest BCUT2D eigenvalue weighted by Gasteiger charge is -1.95. The number of aromatic carboxylic acids is 1. The molecule has 0 spiro atoms. The van der Waals surface area contributed by atoms with E-state index in [0.29, 0.717) is 16.9 Å². The zero-order valence-electron chi connectivity index (χ0n) is 10.6. The molecule has 7 nitrogen and oxygen atoms in total. The van der Waals surface area contributed by atoms with Gasteiger partial charge in [0.25, 0.3) is 5.69 Å². The Kier molecular flexibility index (Phi) is 2.87. The Balaban J connectivity index is 2.10. The first-order valence-corrected chi connectivity index (χ1v) is 6.01. The SMILES string of the molecule is O=C(O)c1ccn2cc(-c3cccc([N+](=O)[O-])c3)nc2c1. The molecule has 0 atom stereocenters. The zero-order chi connectivity index (χ0) is 15.0. The lowest BCUT2D eigenvalue weighted by atomic mass is 10.1. The number of pyridine rings is 1. The van der Waals surface area contributed by atoms with E-state index in [9.17, 15) is 14.9 Å². The van der Waals surface area contributed by atoms with E-state index in [4.69, 9.17) is 5.11 Å². The van der Waals surface area contributed by atoms with E-state index >= 15 is 0 Å². The lowest BCUT2D eigenvalue weighted by molar-refractivity contribution is -0.384. The van der Waals surface area contributed by atoms with Crippen molar-refractivity contribution >= 4 is 17.3 Å². The number of non-ortho nitro benzene ring substituents is 1. The highest BCUT2D eigenvalue weighted by atomic mass is 16.6. The van der Waals surface area contributed by atoms with E-state index < -0.39 is 10.9 Å². The van der Waals surface area contributed by atoms with Gasteiger partial charge in [0.15, 0.2) is 0 Å². The minimum Gasteiger partial charge on any atom is -0.478 e. The van der Waals surface area contributed by atoms with Crippen LogP contribution in [0, 0.1) is 10.1 Å². The van der Waals surface area contributed by atoms with Crippen LogP contribution >= 0.6 is 0 Å². The topological polar surface area (TPSA) is 97.7 Å². The van der Waals surface area contributed by atoms with Crippen molar-refractivity contribution in [3.63, 3.8) is 0 Å². The average molecular weight is 283 g/mol. The Morgan fingerprint density at radius 2 is 2.10 bits per heavy atom. The van der Waals surface area contributed by atoms with Crippen LogP contribution in [-0.4, -0.2) is 25.4 Å². The highest BCUT2D eigenvalue weighted by molar-refractivity contribution is 5.88. The first-order chi connectivity index (χ1) is 10.0. The third-order valence-electron chi connectivity index (χ3n) is 3.06. The molecule has 0 aliphatic heterocycles. The summed E-state index contributed by atoms with van der Waals surface area (Å²) in [7, 11) is 0. The molecule has 2 heterocycles. The smallest absolute Gasteiger partial charge is 0.335 e. The van der Waals surface area contributed by atoms with Gasteiger partial charge in [-0.1, -0.05) is 12.1 Å². The molecule has 0 saturated heterocycles. The number of carboxylic acids is 1. The van der Waals surface area contributed by atoms with Crippen LogP contribution in [0.2, 0.25) is 0 Å². The van der Waals surface area contributed by atoms with Gasteiger partial charge in [-0.15, -0.1) is 0 Å². The van der Waals surface area contributed by atoms with E-state index in [0.717, 1.165) is 0 Å². The van der Waals surface area contributed by atoms with E-state index in [-0.39, 0.29) is 11.3 Å². The highest BCUT2D eigenvalue weighted by Crippen LogP contribution is 2.23. The van der Waals surface area contributed by atoms with Crippen LogP contribution in [0.4, 0.5) is 5.69 Å². The van der Waals surface area contributed by atoms with Gasteiger partial charge in [0.05, 0.1) is 16.2 Å². The summed E-state index contributed by atoms with van der Waals surface area (Å²) in [6.07, 6.45) is 3.28. The Bertz CT molecular complexity index is 870. The molecule has 0 aliphatic carbocycles. The third-order valence-corrected chi connectivity index (χ3v) is 3.06. The van der Waals surface area contributed by atoms with Crippen molar-refractivity contribution in [1.82, 2.24) is 9.38 Å². The number of nitro groups is 1. The molecule has 0 fully saturated rings. The monoisotopic (exact) mass is 283 g/mol. The number of rotatable bonds is 3. The normalized spacial score (nSPS) is 10.7. The van der Waals surface area contributed by atoms with Gasteiger partial charge in [-0.25, -0.2) is 9.78 Å². The summed E-state index contributed by atoms with van der Waals surface area (Å²) in [5.74, 6) is -1.03. The van der Waals surface area contributed by atoms with Gasteiger partial charge in [-0.3, -0.25) is 10.1 Å². The van der Waals surface area contributed by atoms with Crippen LogP contribution in [0.5, 0.6) is 0 Å². The van der Waals surface area contributed by atoms with Gasteiger partial charge >= 0.3 is 5.97 Å². The molecule has 1 aromatic carbocycles. The molecule has 1 N–H and O–H groups in total. The summed E-state index contributed by atoms with van der Waals surface area (Å²) in [6.45, 7) is 0. The molecule has 0 aliphatic rings. The minimum atomic E-state index is -1.03. The van der Waals surface area contributed by atoms with E-state index in [1.807, 2.05) is 0 Å². The summed E-state index contributed by atoms with van der Waals surface area (Å²) >= 11 is 0. The number of benzene rings is 1. The fourth-order valence-electron chi connectivity index (χ4n) is 2.03. The molecule has 3 aromatic rings. The highest BCUT2D eigenvalue weighted by Gasteiger charge is 2.11. The molecular weight excluding hydrogens is 274 g/mol. The molecule has 0 amide bonds. The van der Waals surface area contributed by atoms with E-state index in [2.05, 4.69) is 4.98 Å². The Labute approximate surface area is 118 Å². The Morgan fingerprint density at radius 3 is 2.81 bits per heavy atom. The molecular formula is C14H9N3O4. The number of carboxylic acid groups (broad SMARTS) is 1. The summed E-state index contributed by atoms with van der Waals surface area (Å²) < 4.78 is 1.67. The van der Waals surface area contributed by atoms with Crippen LogP contribution in [0.1, 0.15) is 10.4 Å². The van der Waals surface area contributed by atoms with Crippen molar-refractivity contribution in [3.05, 3.63) is 64.5 Å². The number of nitro benzene ring substituents is 1. The maximum atomic E-state index is 10.9. The van der Waals surface area contributed by atoms with Gasteiger partial charge in [0.2, 0.25) is 0 Å². The third kappa shape index (κ3) is 2.32. The summed E-state index contributed by atoms with van der Waals surface area (Å²) in [6, 6.07) is 9.05. The van der Waals surface area contributed by atoms with Gasteiger partial charge in [0.1, 0.15) is 5.65 Å². The van der Waals surface area contributed by atoms with Crippen LogP contribution in [0.15, 0.2) is 48.8 Å². The maximum absolute atomic E-state index is 10.9. The van der Waals surface area contributed by atoms with Crippen molar-refractivity contribution < 1.29 is 14.8 Å². The summed E-state index contributed by atoms with van der Waals surface area (Å²) in [4.78, 5) is 25.6. The quantitative estimate of drug-likeness (QED) is 0.588. The number of fused-ring (bicyclic) bond motifs is 1. The average Bonchev–Trinajstić information content (AvgIpc) is 2.90. The Morgan fingerprint density at radius 1 is 1.29 bits per heavy atom. The van der Waals surface area contributed by atoms with E-state index in [1.165, 1.54) is 24.3 Å². The molecule has 3 rings (SSSR count). The lowest BCUT2D eigenvalue weighted by Crippen LogP contribution is -1.96. The fourth-order valence-corrected chi connectivity index (χ4v) is 2.03. The van der Waals surface area contributed by atoms with Crippen molar-refractivity contribution in [2.45, 2.75) is 0 Å². The van der Waals surface area contributed by atoms with Crippen molar-refractivity contribution in [2.75, 3.05) is 0 Å². The predicted molar refractivity (Wildman–Crippen MR) is 74.2 cm³/mol. The van der Waals surface area contributed by atoms with Gasteiger partial charge in [-0.2, -0.15) is 0 Å². The summed E-state index contributed by atoms with van der Waals surface area (Å²) in [5, 5.41) is 19.7. The van der Waals surface area contributed by atoms with Crippen molar-refractivity contribution in [3.8, 4) is 11.3 Å². The molecule has 2 aromatic heterocycles. The van der Waals surface area contributed by atoms with Gasteiger partial charge in [0, 0.05) is 30.1 Å². The number of aromatic nitrogens is 2. The second-order valence-corrected chi connectivity index (χ2v) is 4.42. The molecule has 21 heavy (non-hydrogen) atoms. The number of carbonyl (C=O) groups is 1. The van der Waals surface area contributed by atoms with Crippen LogP contribution in [0.25, 0.3) is 16.9 Å². The fraction of sp³-hybridized carbons (Fsp3) is 0. The molecule has 104 valence electrons. The second kappa shape index (κ2) is 4.71. The Hall–Kier alpha value is -3.22.